The average Bonchev–Trinajstić information content (AvgIpc) is 3.01. The maximum atomic E-state index is 12.1. The third kappa shape index (κ3) is 3.69. The molecule has 1 fully saturated rings. The number of aryl methyl sites for hydroxylation is 2. The molecule has 1 aliphatic rings. The Bertz CT molecular complexity index is 519. The third-order valence-electron chi connectivity index (χ3n) is 3.58. The number of thioether (sulfide) groups is 1. The predicted molar refractivity (Wildman–Crippen MR) is 80.2 cm³/mol. The SMILES string of the molecule is Cc1[nH]ncc1CCCNC(=O)N1C(C)SCC1C(=O)O. The van der Waals surface area contributed by atoms with Crippen LogP contribution in [0.5, 0.6) is 0 Å². The first kappa shape index (κ1) is 15.7. The van der Waals surface area contributed by atoms with E-state index in [-0.39, 0.29) is 11.4 Å². The maximum absolute atomic E-state index is 12.1. The van der Waals surface area contributed by atoms with Gasteiger partial charge in [-0.05, 0) is 32.3 Å². The van der Waals surface area contributed by atoms with Crippen molar-refractivity contribution in [3.05, 3.63) is 17.5 Å². The molecule has 0 aliphatic carbocycles. The third-order valence-corrected chi connectivity index (χ3v) is 4.79. The maximum Gasteiger partial charge on any atom is 0.327 e. The lowest BCUT2D eigenvalue weighted by atomic mass is 10.1. The van der Waals surface area contributed by atoms with Crippen LogP contribution in [0.3, 0.4) is 0 Å². The molecule has 2 heterocycles. The number of amides is 2. The van der Waals surface area contributed by atoms with Crippen LogP contribution < -0.4 is 5.32 Å². The monoisotopic (exact) mass is 312 g/mol. The van der Waals surface area contributed by atoms with Crippen molar-refractivity contribution in [3.8, 4) is 0 Å². The van der Waals surface area contributed by atoms with Gasteiger partial charge in [0.2, 0.25) is 0 Å². The molecule has 1 aromatic heterocycles. The fraction of sp³-hybridized carbons (Fsp3) is 0.615. The van der Waals surface area contributed by atoms with E-state index in [1.807, 2.05) is 13.8 Å². The van der Waals surface area contributed by atoms with E-state index >= 15 is 0 Å². The van der Waals surface area contributed by atoms with Gasteiger partial charge in [0.1, 0.15) is 6.04 Å². The summed E-state index contributed by atoms with van der Waals surface area (Å²) in [6.07, 6.45) is 3.41. The molecule has 8 heteroatoms. The van der Waals surface area contributed by atoms with Crippen molar-refractivity contribution in [2.75, 3.05) is 12.3 Å². The number of H-pyrrole nitrogens is 1. The number of rotatable bonds is 5. The summed E-state index contributed by atoms with van der Waals surface area (Å²) in [6.45, 7) is 4.33. The lowest BCUT2D eigenvalue weighted by molar-refractivity contribution is -0.141. The Morgan fingerprint density at radius 1 is 1.62 bits per heavy atom. The second kappa shape index (κ2) is 6.84. The molecule has 0 radical (unpaired) electrons. The number of carboxylic acids is 1. The van der Waals surface area contributed by atoms with Crippen LogP contribution in [0, 0.1) is 6.92 Å². The van der Waals surface area contributed by atoms with Crippen LogP contribution >= 0.6 is 11.8 Å². The standard InChI is InChI=1S/C13H20N4O3S/c1-8-10(6-15-16-8)4-3-5-14-13(20)17-9(2)21-7-11(17)12(18)19/h6,9,11H,3-5,7H2,1-2H3,(H,14,20)(H,15,16)(H,18,19). The number of nitrogens with one attached hydrogen (secondary N) is 2. The van der Waals surface area contributed by atoms with Crippen LogP contribution in [-0.2, 0) is 11.2 Å². The Hall–Kier alpha value is -1.70. The number of carbonyl (C=O) groups is 2. The van der Waals surface area contributed by atoms with Gasteiger partial charge in [0.25, 0.3) is 0 Å². The van der Waals surface area contributed by atoms with Gasteiger partial charge in [0.05, 0.1) is 11.6 Å². The summed E-state index contributed by atoms with van der Waals surface area (Å²) in [5, 5.41) is 18.6. The van der Waals surface area contributed by atoms with Crippen molar-refractivity contribution in [1.29, 1.82) is 0 Å². The number of urea groups is 1. The Morgan fingerprint density at radius 3 is 3.00 bits per heavy atom. The summed E-state index contributed by atoms with van der Waals surface area (Å²) in [5.41, 5.74) is 2.18. The van der Waals surface area contributed by atoms with E-state index in [1.165, 1.54) is 16.7 Å². The Labute approximate surface area is 127 Å². The van der Waals surface area contributed by atoms with Gasteiger partial charge in [0.15, 0.2) is 0 Å². The minimum absolute atomic E-state index is 0.109. The molecule has 1 aliphatic heterocycles. The highest BCUT2D eigenvalue weighted by Crippen LogP contribution is 2.28. The predicted octanol–water partition coefficient (Wildman–Crippen LogP) is 1.21. The van der Waals surface area contributed by atoms with Gasteiger partial charge in [-0.3, -0.25) is 10.00 Å². The molecule has 3 N–H and O–H groups in total. The Morgan fingerprint density at radius 2 is 2.38 bits per heavy atom. The minimum atomic E-state index is -0.948. The fourth-order valence-electron chi connectivity index (χ4n) is 2.33. The van der Waals surface area contributed by atoms with E-state index in [1.54, 1.807) is 6.20 Å². The van der Waals surface area contributed by atoms with Crippen LogP contribution in [0.15, 0.2) is 6.20 Å². The zero-order valence-corrected chi connectivity index (χ0v) is 12.9. The zero-order chi connectivity index (χ0) is 15.4. The molecule has 7 nitrogen and oxygen atoms in total. The largest absolute Gasteiger partial charge is 0.480 e. The van der Waals surface area contributed by atoms with Crippen LogP contribution in [0.25, 0.3) is 0 Å². The number of nitrogens with zero attached hydrogens (tertiary/aromatic N) is 2. The van der Waals surface area contributed by atoms with Gasteiger partial charge in [-0.2, -0.15) is 5.10 Å². The van der Waals surface area contributed by atoms with Gasteiger partial charge < -0.3 is 10.4 Å². The summed E-state index contributed by atoms with van der Waals surface area (Å²) in [7, 11) is 0. The first-order chi connectivity index (χ1) is 10.0. The lowest BCUT2D eigenvalue weighted by Gasteiger charge is -2.25. The zero-order valence-electron chi connectivity index (χ0n) is 12.1. The van der Waals surface area contributed by atoms with Crippen molar-refractivity contribution >= 4 is 23.8 Å². The van der Waals surface area contributed by atoms with Crippen molar-refractivity contribution in [3.63, 3.8) is 0 Å². The fourth-order valence-corrected chi connectivity index (χ4v) is 3.50. The van der Waals surface area contributed by atoms with Gasteiger partial charge in [-0.25, -0.2) is 9.59 Å². The van der Waals surface area contributed by atoms with Gasteiger partial charge >= 0.3 is 12.0 Å². The number of hydrogen-bond donors (Lipinski definition) is 3. The Balaban J connectivity index is 1.78. The summed E-state index contributed by atoms with van der Waals surface area (Å²) in [6, 6.07) is -1.04. The topological polar surface area (TPSA) is 98.3 Å². The quantitative estimate of drug-likeness (QED) is 0.710. The molecular formula is C13H20N4O3S. The number of carboxylic acid groups (broad SMARTS) is 1. The first-order valence-corrected chi connectivity index (χ1v) is 7.95. The van der Waals surface area contributed by atoms with Crippen molar-refractivity contribution in [1.82, 2.24) is 20.4 Å². The van der Waals surface area contributed by atoms with E-state index in [2.05, 4.69) is 15.5 Å². The highest BCUT2D eigenvalue weighted by molar-refractivity contribution is 8.00. The summed E-state index contributed by atoms with van der Waals surface area (Å²) < 4.78 is 0. The Kier molecular flexibility index (Phi) is 5.11. The molecule has 1 saturated heterocycles. The summed E-state index contributed by atoms with van der Waals surface area (Å²) >= 11 is 1.48. The molecule has 116 valence electrons. The molecular weight excluding hydrogens is 292 g/mol. The first-order valence-electron chi connectivity index (χ1n) is 6.90. The number of carbonyl (C=O) groups excluding carboxylic acids is 1. The van der Waals surface area contributed by atoms with Crippen molar-refractivity contribution in [2.24, 2.45) is 0 Å². The highest BCUT2D eigenvalue weighted by atomic mass is 32.2. The molecule has 2 unspecified atom stereocenters. The lowest BCUT2D eigenvalue weighted by Crippen LogP contribution is -2.49. The van der Waals surface area contributed by atoms with E-state index in [4.69, 9.17) is 5.11 Å². The molecule has 2 atom stereocenters. The van der Waals surface area contributed by atoms with Gasteiger partial charge in [0, 0.05) is 18.0 Å². The highest BCUT2D eigenvalue weighted by Gasteiger charge is 2.39. The molecule has 0 spiro atoms. The van der Waals surface area contributed by atoms with E-state index in [9.17, 15) is 9.59 Å². The molecule has 2 rings (SSSR count). The smallest absolute Gasteiger partial charge is 0.327 e. The van der Waals surface area contributed by atoms with Crippen LogP contribution in [0.4, 0.5) is 4.79 Å². The molecule has 0 bridgehead atoms. The van der Waals surface area contributed by atoms with E-state index in [0.29, 0.717) is 12.3 Å². The molecule has 0 aromatic carbocycles. The van der Waals surface area contributed by atoms with Crippen molar-refractivity contribution < 1.29 is 14.7 Å². The molecule has 2 amide bonds. The van der Waals surface area contributed by atoms with Crippen LogP contribution in [0.2, 0.25) is 0 Å². The average molecular weight is 312 g/mol. The van der Waals surface area contributed by atoms with Crippen molar-refractivity contribution in [2.45, 2.75) is 38.1 Å². The normalized spacial score (nSPS) is 21.5. The molecule has 0 saturated carbocycles. The number of aromatic amines is 1. The summed E-state index contributed by atoms with van der Waals surface area (Å²) in [4.78, 5) is 24.7. The van der Waals surface area contributed by atoms with E-state index in [0.717, 1.165) is 24.1 Å². The molecule has 1 aromatic rings. The van der Waals surface area contributed by atoms with Gasteiger partial charge in [-0.15, -0.1) is 11.8 Å². The second-order valence-corrected chi connectivity index (χ2v) is 6.40. The number of aliphatic carboxylic acids is 1. The molecule has 21 heavy (non-hydrogen) atoms. The van der Waals surface area contributed by atoms with Crippen LogP contribution in [-0.4, -0.2) is 55.9 Å². The van der Waals surface area contributed by atoms with Crippen LogP contribution in [0.1, 0.15) is 24.6 Å². The number of hydrogen-bond acceptors (Lipinski definition) is 4. The van der Waals surface area contributed by atoms with Gasteiger partial charge in [-0.1, -0.05) is 0 Å². The minimum Gasteiger partial charge on any atom is -0.480 e. The number of aromatic nitrogens is 2. The van der Waals surface area contributed by atoms with E-state index < -0.39 is 12.0 Å². The summed E-state index contributed by atoms with van der Waals surface area (Å²) in [5.74, 6) is -0.506. The second-order valence-electron chi connectivity index (χ2n) is 5.05.